The Kier molecular flexibility index (Phi) is 28.0. The highest BCUT2D eigenvalue weighted by Gasteiger charge is 2.34. The Balaban J connectivity index is 0.000000116. The number of nitrogens with zero attached hydrogens (tertiary/aromatic N) is 24. The molecule has 0 atom stereocenters. The standard InChI is InChI=1S/C31H39N7O2.C29H36N6O2.C21H28N6O2.C20H23N5O2/c39-27(12-15-35-13-2-1-3-14-35)36-16-10-24(11-17-36)38-22-32-29-28(26-9-5-7-23-6-4-8-25(23)26)33-31(34-30(29)38)37-18-20-40-21-19-37;1-29(2,3)18-24(36)33-12-10-21(11-13-33)35-19-30-26-25(23-9-5-7-20-6-4-8-22(20)23)31-28(32-27(26)35)34-14-16-37-17-15-34;1-3-25(4-2)8-9-27-15-22-19-18(16-6-5-7-17(28)14-16)23-21(24-20(19)27)26-10-12-29-13-11-26;26-16-7-3-4-14(12-16)17-18-19(25(13-21-18)15-5-1-2-6-15)23-20(22-17)24-8-10-27-11-9-24/h4-5,7-9,22,24H,1-3,6,10-21H2;4-5,7-9,19,21H,6,10-18H2,1-3H3;5-7,14-15,28H,3-4,8-13H2,1-2H3;3-4,7,12-13,15,26H,1-2,5-6,8-11H2. The van der Waals surface area contributed by atoms with Crippen LogP contribution in [0.5, 0.6) is 11.5 Å². The van der Waals surface area contributed by atoms with Gasteiger partial charge in [0.05, 0.1) is 78.2 Å². The van der Waals surface area contributed by atoms with E-state index in [-0.39, 0.29) is 34.9 Å². The Morgan fingerprint density at radius 2 is 0.797 bits per heavy atom. The molecule has 15 heterocycles. The van der Waals surface area contributed by atoms with Crippen molar-refractivity contribution in [1.29, 1.82) is 0 Å². The largest absolute Gasteiger partial charge is 0.508 e. The number of likely N-dealkylation sites (N-methyl/N-ethyl adjacent to an activating group) is 1. The monoisotopic (exact) mass is 1800 g/mol. The summed E-state index contributed by atoms with van der Waals surface area (Å²) in [6, 6.07) is 28.3. The summed E-state index contributed by atoms with van der Waals surface area (Å²) in [5.74, 6) is 3.87. The smallest absolute Gasteiger partial charge is 0.228 e. The van der Waals surface area contributed by atoms with Crippen molar-refractivity contribution in [3.63, 3.8) is 0 Å². The Labute approximate surface area is 777 Å². The second-order valence-electron chi connectivity index (χ2n) is 37.6. The first-order valence-corrected chi connectivity index (χ1v) is 48.5. The molecule has 8 fully saturated rings. The van der Waals surface area contributed by atoms with Crippen molar-refractivity contribution in [2.24, 2.45) is 5.41 Å². The van der Waals surface area contributed by atoms with Crippen molar-refractivity contribution in [1.82, 2.24) is 97.7 Å². The van der Waals surface area contributed by atoms with Gasteiger partial charge in [-0.05, 0) is 142 Å². The summed E-state index contributed by atoms with van der Waals surface area (Å²) in [7, 11) is 0. The Morgan fingerprint density at radius 3 is 1.22 bits per heavy atom. The highest BCUT2D eigenvalue weighted by Crippen LogP contribution is 2.42. The van der Waals surface area contributed by atoms with Crippen molar-refractivity contribution >= 4 is 92.4 Å². The third-order valence-corrected chi connectivity index (χ3v) is 27.7. The summed E-state index contributed by atoms with van der Waals surface area (Å²) in [6.45, 7) is 32.4. The molecule has 0 radical (unpaired) electrons. The molecule has 3 aliphatic carbocycles. The van der Waals surface area contributed by atoms with E-state index in [0.29, 0.717) is 89.5 Å². The van der Waals surface area contributed by atoms with Gasteiger partial charge in [-0.25, -0.2) is 39.9 Å². The summed E-state index contributed by atoms with van der Waals surface area (Å²) in [5, 5.41) is 19.9. The van der Waals surface area contributed by atoms with Gasteiger partial charge in [-0.3, -0.25) is 9.59 Å². The first-order chi connectivity index (χ1) is 65.1. The molecule has 7 saturated heterocycles. The third-order valence-electron chi connectivity index (χ3n) is 27.7. The van der Waals surface area contributed by atoms with E-state index in [2.05, 4.69) is 158 Å². The fraction of sp³-hybridized carbons (Fsp3) is 0.505. The maximum Gasteiger partial charge on any atom is 0.228 e. The van der Waals surface area contributed by atoms with Gasteiger partial charge in [-0.2, -0.15) is 19.9 Å². The number of morpholine rings is 4. The number of fused-ring (bicyclic) bond motifs is 6. The molecule has 0 bridgehead atoms. The van der Waals surface area contributed by atoms with Crippen LogP contribution in [-0.2, 0) is 47.9 Å². The molecule has 12 aromatic rings. The molecule has 0 spiro atoms. The fourth-order valence-electron chi connectivity index (χ4n) is 20.2. The maximum atomic E-state index is 13.0. The average molecular weight is 1800 g/mol. The number of rotatable bonds is 20. The molecule has 2 amide bonds. The maximum absolute atomic E-state index is 13.0. The Bertz CT molecular complexity index is 6120. The predicted molar refractivity (Wildman–Crippen MR) is 518 cm³/mol. The summed E-state index contributed by atoms with van der Waals surface area (Å²) >= 11 is 0. The zero-order valence-electron chi connectivity index (χ0n) is 77.7. The van der Waals surface area contributed by atoms with Gasteiger partial charge in [-0.1, -0.05) is 139 Å². The van der Waals surface area contributed by atoms with Crippen LogP contribution in [0.25, 0.3) is 102 Å². The average Bonchev–Trinajstić information content (AvgIpc) is 1.68. The van der Waals surface area contributed by atoms with E-state index >= 15 is 0 Å². The second-order valence-corrected chi connectivity index (χ2v) is 37.6. The molecule has 8 aromatic heterocycles. The number of likely N-dealkylation sites (tertiary alicyclic amines) is 3. The number of piperidine rings is 3. The minimum atomic E-state index is 0.00446. The van der Waals surface area contributed by atoms with E-state index in [1.165, 1.54) is 67.2 Å². The number of anilines is 4. The van der Waals surface area contributed by atoms with Gasteiger partial charge >= 0.3 is 0 Å². The van der Waals surface area contributed by atoms with Crippen LogP contribution < -0.4 is 19.6 Å². The lowest BCUT2D eigenvalue weighted by atomic mass is 9.91. The summed E-state index contributed by atoms with van der Waals surface area (Å²) in [6.07, 6.45) is 31.9. The van der Waals surface area contributed by atoms with Gasteiger partial charge in [0.15, 0.2) is 22.6 Å². The van der Waals surface area contributed by atoms with Gasteiger partial charge in [0.25, 0.3) is 0 Å². The van der Waals surface area contributed by atoms with Crippen molar-refractivity contribution in [2.45, 2.75) is 156 Å². The van der Waals surface area contributed by atoms with E-state index in [9.17, 15) is 19.8 Å². The lowest BCUT2D eigenvalue weighted by Crippen LogP contribution is -2.41. The molecule has 10 aliphatic rings. The number of aromatic nitrogens is 16. The molecule has 698 valence electrons. The van der Waals surface area contributed by atoms with Gasteiger partial charge in [0.2, 0.25) is 35.6 Å². The number of benzene rings is 4. The van der Waals surface area contributed by atoms with Crippen LogP contribution in [0.3, 0.4) is 0 Å². The van der Waals surface area contributed by atoms with Crippen molar-refractivity contribution < 1.29 is 38.7 Å². The third kappa shape index (κ3) is 20.4. The summed E-state index contributed by atoms with van der Waals surface area (Å²) in [5.41, 5.74) is 19.1. The van der Waals surface area contributed by atoms with E-state index in [1.807, 2.05) is 54.5 Å². The summed E-state index contributed by atoms with van der Waals surface area (Å²) < 4.78 is 31.0. The van der Waals surface area contributed by atoms with E-state index < -0.39 is 0 Å². The molecule has 4 aromatic carbocycles. The van der Waals surface area contributed by atoms with Crippen molar-refractivity contribution in [3.05, 3.63) is 145 Å². The van der Waals surface area contributed by atoms with Crippen LogP contribution in [-0.4, -0.2) is 290 Å². The number of allylic oxidation sites excluding steroid dienone is 2. The number of amides is 2. The van der Waals surface area contributed by atoms with Gasteiger partial charge in [0, 0.05) is 151 Å². The predicted octanol–water partition coefficient (Wildman–Crippen LogP) is 14.0. The van der Waals surface area contributed by atoms with Crippen LogP contribution in [0.4, 0.5) is 23.8 Å². The highest BCUT2D eigenvalue weighted by atomic mass is 16.5. The van der Waals surface area contributed by atoms with E-state index in [4.69, 9.17) is 68.8 Å². The Morgan fingerprint density at radius 1 is 0.414 bits per heavy atom. The number of hydrogen-bond donors (Lipinski definition) is 2. The van der Waals surface area contributed by atoms with Crippen molar-refractivity contribution in [3.8, 4) is 56.5 Å². The topological polar surface area (TPSA) is 312 Å². The van der Waals surface area contributed by atoms with E-state index in [1.54, 1.807) is 24.3 Å². The fourth-order valence-corrected chi connectivity index (χ4v) is 20.2. The summed E-state index contributed by atoms with van der Waals surface area (Å²) in [4.78, 5) is 102. The Hall–Kier alpha value is -11.9. The molecule has 22 rings (SSSR count). The molecule has 0 unspecified atom stereocenters. The lowest BCUT2D eigenvalue weighted by molar-refractivity contribution is -0.134. The van der Waals surface area contributed by atoms with Crippen LogP contribution in [0.1, 0.15) is 158 Å². The SMILES string of the molecule is CC(C)(C)CC(=O)N1CCC(n2cnc3c(-c4cccc5c4C=CC5)nc(N4CCOCC4)nc32)CC1.CCN(CC)CCn1cnc2c(-c3cccc(O)c3)nc(N3CCOCC3)nc21.O=C(CCN1CCCCC1)N1CCC(n2cnc3c(-c4cccc5c4C=CC5)nc(N4CCOCC4)nc32)CC1.Oc1cccc(-c2nc(N3CCOCC3)nc3c2ncn3C2CCCC2)c1. The molecule has 32 nitrogen and oxygen atoms in total. The van der Waals surface area contributed by atoms with Crippen molar-refractivity contribution in [2.75, 3.05) is 190 Å². The number of carbonyl (C=O) groups excluding carboxylic acids is 2. The number of carbonyl (C=O) groups is 2. The number of aromatic hydroxyl groups is 2. The molecule has 1 saturated carbocycles. The molecular formula is C101H126N24O8. The highest BCUT2D eigenvalue weighted by molar-refractivity contribution is 5.95. The van der Waals surface area contributed by atoms with Crippen LogP contribution in [0.15, 0.2) is 122 Å². The van der Waals surface area contributed by atoms with Gasteiger partial charge in [-0.15, -0.1) is 0 Å². The van der Waals surface area contributed by atoms with E-state index in [0.717, 1.165) is 264 Å². The normalized spacial score (nSPS) is 18.3. The van der Waals surface area contributed by atoms with Crippen LogP contribution >= 0.6 is 0 Å². The second kappa shape index (κ2) is 41.3. The number of imidazole rings is 4. The lowest BCUT2D eigenvalue weighted by Gasteiger charge is -2.34. The van der Waals surface area contributed by atoms with Crippen LogP contribution in [0.2, 0.25) is 0 Å². The first-order valence-electron chi connectivity index (χ1n) is 48.5. The molecule has 133 heavy (non-hydrogen) atoms. The number of phenolic OH excluding ortho intramolecular Hbond substituents is 2. The van der Waals surface area contributed by atoms with Crippen LogP contribution in [0, 0.1) is 5.41 Å². The minimum Gasteiger partial charge on any atom is -0.508 e. The molecule has 32 heteroatoms. The van der Waals surface area contributed by atoms with Gasteiger partial charge in [0.1, 0.15) is 56.3 Å². The zero-order valence-corrected chi connectivity index (χ0v) is 77.7. The minimum absolute atomic E-state index is 0.00446. The number of phenols is 2. The first kappa shape index (κ1) is 90.2. The number of ether oxygens (including phenoxy) is 4. The molecular weight excluding hydrogens is 1680 g/mol. The quantitative estimate of drug-likeness (QED) is 0.0716. The molecule has 7 aliphatic heterocycles. The number of hydrogen-bond acceptors (Lipinski definition) is 26. The van der Waals surface area contributed by atoms with Gasteiger partial charge < -0.3 is 86.6 Å². The zero-order chi connectivity index (χ0) is 90.9. The molecule has 2 N–H and O–H groups in total.